The first kappa shape index (κ1) is 27.8. The van der Waals surface area contributed by atoms with Crippen LogP contribution < -0.4 is 10.5 Å². The molecule has 1 atom stereocenters. The van der Waals surface area contributed by atoms with Crippen molar-refractivity contribution >= 4 is 34.7 Å². The van der Waals surface area contributed by atoms with E-state index in [1.165, 1.54) is 12.8 Å². The summed E-state index contributed by atoms with van der Waals surface area (Å²) >= 11 is 12.9. The minimum atomic E-state index is -1.26. The molecule has 1 unspecified atom stereocenters. The van der Waals surface area contributed by atoms with Crippen LogP contribution in [0, 0.1) is 12.8 Å². The van der Waals surface area contributed by atoms with E-state index in [0.29, 0.717) is 44.1 Å². The number of aliphatic hydroxyl groups is 1. The highest BCUT2D eigenvalue weighted by Crippen LogP contribution is 2.45. The number of halogens is 2. The summed E-state index contributed by atoms with van der Waals surface area (Å²) in [7, 11) is 0. The normalized spacial score (nSPS) is 16.0. The van der Waals surface area contributed by atoms with E-state index < -0.39 is 12.3 Å². The average molecular weight is 552 g/mol. The molecule has 3 aromatic rings. The van der Waals surface area contributed by atoms with E-state index in [4.69, 9.17) is 38.8 Å². The van der Waals surface area contributed by atoms with Crippen LogP contribution in [0.1, 0.15) is 58.6 Å². The van der Waals surface area contributed by atoms with Gasteiger partial charge in [0.15, 0.2) is 0 Å². The molecule has 0 saturated heterocycles. The van der Waals surface area contributed by atoms with Gasteiger partial charge in [0.2, 0.25) is 6.29 Å². The molecule has 38 heavy (non-hydrogen) atoms. The summed E-state index contributed by atoms with van der Waals surface area (Å²) in [5.74, 6) is 0.404. The summed E-state index contributed by atoms with van der Waals surface area (Å²) in [5.41, 5.74) is 11.3. The van der Waals surface area contributed by atoms with Crippen LogP contribution in [-0.4, -0.2) is 22.5 Å². The molecule has 0 amide bonds. The summed E-state index contributed by atoms with van der Waals surface area (Å²) < 4.78 is 5.86. The van der Waals surface area contributed by atoms with Gasteiger partial charge in [-0.15, -0.1) is 0 Å². The summed E-state index contributed by atoms with van der Waals surface area (Å²) in [6.07, 6.45) is 3.08. The third-order valence-corrected chi connectivity index (χ3v) is 7.32. The van der Waals surface area contributed by atoms with E-state index in [2.05, 4.69) is 6.58 Å². The fraction of sp³-hybridized carbons (Fsp3) is 0.258. The van der Waals surface area contributed by atoms with Crippen molar-refractivity contribution in [2.75, 3.05) is 0 Å². The smallest absolute Gasteiger partial charge is 0.335 e. The van der Waals surface area contributed by atoms with Crippen LogP contribution in [0.4, 0.5) is 0 Å². The van der Waals surface area contributed by atoms with Crippen molar-refractivity contribution in [2.45, 2.75) is 44.8 Å². The quantitative estimate of drug-likeness (QED) is 0.198. The molecule has 7 heteroatoms. The summed E-state index contributed by atoms with van der Waals surface area (Å²) in [6, 6.07) is 19.5. The molecular formula is C31H31Cl2NO4. The molecule has 5 rings (SSSR count). The molecule has 2 aliphatic rings. The van der Waals surface area contributed by atoms with Crippen molar-refractivity contribution in [3.8, 4) is 5.75 Å². The topological polar surface area (TPSA) is 92.8 Å². The Morgan fingerprint density at radius 1 is 1.00 bits per heavy atom. The third-order valence-electron chi connectivity index (χ3n) is 6.68. The Labute approximate surface area is 233 Å². The number of carboxylic acid groups (broad SMARTS) is 1. The van der Waals surface area contributed by atoms with Crippen molar-refractivity contribution in [3.05, 3.63) is 117 Å². The number of nitrogens with two attached hydrogens (primary N) is 1. The van der Waals surface area contributed by atoms with E-state index >= 15 is 0 Å². The lowest BCUT2D eigenvalue weighted by atomic mass is 9.92. The van der Waals surface area contributed by atoms with E-state index in [0.717, 1.165) is 29.5 Å². The van der Waals surface area contributed by atoms with Crippen LogP contribution in [-0.2, 0) is 0 Å². The Morgan fingerprint density at radius 2 is 1.68 bits per heavy atom. The predicted molar refractivity (Wildman–Crippen MR) is 153 cm³/mol. The molecule has 3 aromatic carbocycles. The molecule has 198 valence electrons. The summed E-state index contributed by atoms with van der Waals surface area (Å²) in [5, 5.41) is 20.6. The van der Waals surface area contributed by atoms with Crippen molar-refractivity contribution < 1.29 is 19.7 Å². The molecule has 0 bridgehead atoms. The molecule has 0 radical (unpaired) electrons. The van der Waals surface area contributed by atoms with Crippen molar-refractivity contribution in [1.82, 2.24) is 0 Å². The number of rotatable bonds is 8. The molecule has 2 saturated carbocycles. The first-order valence-corrected chi connectivity index (χ1v) is 13.3. The van der Waals surface area contributed by atoms with Gasteiger partial charge >= 0.3 is 5.97 Å². The molecule has 5 nitrogen and oxygen atoms in total. The van der Waals surface area contributed by atoms with E-state index in [1.807, 2.05) is 37.3 Å². The van der Waals surface area contributed by atoms with Crippen molar-refractivity contribution in [1.29, 1.82) is 0 Å². The lowest BCUT2D eigenvalue weighted by molar-refractivity contribution is 0.0175. The number of carbonyl (C=O) groups is 1. The zero-order valence-electron chi connectivity index (χ0n) is 21.2. The Kier molecular flexibility index (Phi) is 8.83. The molecule has 0 aromatic heterocycles. The Hall–Kier alpha value is -3.25. The van der Waals surface area contributed by atoms with E-state index in [-0.39, 0.29) is 5.92 Å². The minimum Gasteiger partial charge on any atom is -0.478 e. The largest absolute Gasteiger partial charge is 0.478 e. The number of benzene rings is 3. The molecule has 2 aliphatic carbocycles. The maximum absolute atomic E-state index is 11.0. The van der Waals surface area contributed by atoms with Crippen LogP contribution in [0.3, 0.4) is 0 Å². The highest BCUT2D eigenvalue weighted by Gasteiger charge is 2.32. The Balaban J connectivity index is 0.000000317. The highest BCUT2D eigenvalue weighted by molar-refractivity contribution is 6.32. The number of ether oxygens (including phenoxy) is 1. The molecule has 0 heterocycles. The number of aromatic carboxylic acids is 1. The number of aliphatic hydroxyl groups excluding tert-OH is 1. The molecule has 0 spiro atoms. The second-order valence-electron chi connectivity index (χ2n) is 9.65. The average Bonchev–Trinajstić information content (AvgIpc) is 3.79. The number of aryl methyl sites for hydroxylation is 1. The zero-order chi connectivity index (χ0) is 27.4. The molecule has 0 aliphatic heterocycles. The molecular weight excluding hydrogens is 521 g/mol. The monoisotopic (exact) mass is 551 g/mol. The fourth-order valence-electron chi connectivity index (χ4n) is 4.30. The van der Waals surface area contributed by atoms with Gasteiger partial charge < -0.3 is 20.7 Å². The lowest BCUT2D eigenvalue weighted by Crippen LogP contribution is -2.24. The Bertz CT molecular complexity index is 1340. The maximum atomic E-state index is 11.0. The van der Waals surface area contributed by atoms with Crippen LogP contribution in [0.15, 0.2) is 84.6 Å². The minimum absolute atomic E-state index is 0.239. The van der Waals surface area contributed by atoms with Gasteiger partial charge in [0.25, 0.3) is 0 Å². The van der Waals surface area contributed by atoms with Gasteiger partial charge in [0, 0.05) is 26.9 Å². The van der Waals surface area contributed by atoms with Crippen molar-refractivity contribution in [2.24, 2.45) is 11.7 Å². The summed E-state index contributed by atoms with van der Waals surface area (Å²) in [6.45, 7) is 6.17. The Morgan fingerprint density at radius 3 is 2.21 bits per heavy atom. The number of carboxylic acids is 1. The van der Waals surface area contributed by atoms with Crippen LogP contribution in [0.25, 0.3) is 5.57 Å². The van der Waals surface area contributed by atoms with E-state index in [9.17, 15) is 9.90 Å². The number of allylic oxidation sites excluding steroid dienone is 1. The lowest BCUT2D eigenvalue weighted by Gasteiger charge is -2.23. The van der Waals surface area contributed by atoms with Gasteiger partial charge in [-0.3, -0.25) is 0 Å². The predicted octanol–water partition coefficient (Wildman–Crippen LogP) is 7.60. The number of hydrogen-bond acceptors (Lipinski definition) is 4. The second-order valence-corrected chi connectivity index (χ2v) is 10.5. The first-order valence-electron chi connectivity index (χ1n) is 12.5. The van der Waals surface area contributed by atoms with E-state index in [1.54, 1.807) is 36.4 Å². The standard InChI is InChI=1S/C24H25Cl2NO2.C7H6O2/c1-13-4-3-5-19(25)21(13)14(2)22(23(27)16-8-9-16)24(28)29-17-10-11-18(15-6-7-15)20(26)12-17;8-7(9)6-4-2-1-3-5-6/h3-5,10-12,15-16,24,28H,2,6-9,27H2,1H3;1-5H,(H,8,9)/b23-22+;. The molecule has 4 N–H and O–H groups in total. The van der Waals surface area contributed by atoms with Crippen LogP contribution >= 0.6 is 23.2 Å². The van der Waals surface area contributed by atoms with Crippen LogP contribution in [0.2, 0.25) is 10.0 Å². The fourth-order valence-corrected chi connectivity index (χ4v) is 4.96. The maximum Gasteiger partial charge on any atom is 0.335 e. The van der Waals surface area contributed by atoms with Gasteiger partial charge in [0.1, 0.15) is 5.75 Å². The molecule has 2 fully saturated rings. The van der Waals surface area contributed by atoms with Gasteiger partial charge in [-0.1, -0.05) is 66.2 Å². The summed E-state index contributed by atoms with van der Waals surface area (Å²) in [4.78, 5) is 10.2. The second kappa shape index (κ2) is 12.1. The van der Waals surface area contributed by atoms with Gasteiger partial charge in [-0.05, 0) is 91.5 Å². The SMILES string of the molecule is C=C(/C(=C(\N)C1CC1)C(O)Oc1ccc(C2CC2)c(Cl)c1)c1c(C)cccc1Cl.O=C(O)c1ccccc1. The van der Waals surface area contributed by atoms with Gasteiger partial charge in [0.05, 0.1) is 5.56 Å². The zero-order valence-corrected chi connectivity index (χ0v) is 22.7. The third kappa shape index (κ3) is 6.79. The van der Waals surface area contributed by atoms with Crippen LogP contribution in [0.5, 0.6) is 5.75 Å². The van der Waals surface area contributed by atoms with Gasteiger partial charge in [-0.2, -0.15) is 0 Å². The highest BCUT2D eigenvalue weighted by atomic mass is 35.5. The first-order chi connectivity index (χ1) is 18.2. The van der Waals surface area contributed by atoms with Gasteiger partial charge in [-0.25, -0.2) is 4.79 Å². The van der Waals surface area contributed by atoms with Crippen molar-refractivity contribution in [3.63, 3.8) is 0 Å². The number of hydrogen-bond donors (Lipinski definition) is 3.